The molecule has 3 aromatic rings. The molecule has 8 heteroatoms. The quantitative estimate of drug-likeness (QED) is 0.417. The molecule has 4 rings (SSSR count). The summed E-state index contributed by atoms with van der Waals surface area (Å²) in [6.45, 7) is 3.12. The first-order chi connectivity index (χ1) is 14.1. The van der Waals surface area contributed by atoms with E-state index in [4.69, 9.17) is 0 Å². The van der Waals surface area contributed by atoms with Crippen LogP contribution in [0.4, 0.5) is 5.95 Å². The van der Waals surface area contributed by atoms with Crippen molar-refractivity contribution < 1.29 is 9.90 Å². The van der Waals surface area contributed by atoms with Gasteiger partial charge in [-0.05, 0) is 78.8 Å². The number of nitrogens with zero attached hydrogens (tertiary/aromatic N) is 2. The van der Waals surface area contributed by atoms with Gasteiger partial charge in [-0.1, -0.05) is 6.07 Å². The number of carbonyl (C=O) groups is 1. The summed E-state index contributed by atoms with van der Waals surface area (Å²) in [5, 5.41) is 16.9. The predicted molar refractivity (Wildman–Crippen MR) is 121 cm³/mol. The average molecular weight is 475 g/mol. The Morgan fingerprint density at radius 2 is 2.17 bits per heavy atom. The maximum absolute atomic E-state index is 11.5. The van der Waals surface area contributed by atoms with Crippen LogP contribution >= 0.6 is 27.3 Å². The van der Waals surface area contributed by atoms with Crippen LogP contribution in [0.2, 0.25) is 0 Å². The molecule has 1 fully saturated rings. The first-order valence-electron chi connectivity index (χ1n) is 9.85. The van der Waals surface area contributed by atoms with Crippen molar-refractivity contribution in [3.05, 3.63) is 40.5 Å². The highest BCUT2D eigenvalue weighted by molar-refractivity contribution is 9.10. The van der Waals surface area contributed by atoms with E-state index in [-0.39, 0.29) is 0 Å². The summed E-state index contributed by atoms with van der Waals surface area (Å²) in [6, 6.07) is 7.24. The maximum atomic E-state index is 11.5. The van der Waals surface area contributed by atoms with Gasteiger partial charge in [-0.2, -0.15) is 0 Å². The molecule has 1 saturated heterocycles. The van der Waals surface area contributed by atoms with Gasteiger partial charge < -0.3 is 15.7 Å². The van der Waals surface area contributed by atoms with Crippen LogP contribution in [-0.2, 0) is 0 Å². The Morgan fingerprint density at radius 3 is 2.97 bits per heavy atom. The Kier molecular flexibility index (Phi) is 6.42. The van der Waals surface area contributed by atoms with Crippen LogP contribution in [0, 0.1) is 5.92 Å². The lowest BCUT2D eigenvalue weighted by molar-refractivity contribution is 0.0699. The third-order valence-electron chi connectivity index (χ3n) is 5.30. The van der Waals surface area contributed by atoms with E-state index in [1.807, 2.05) is 12.1 Å². The maximum Gasteiger partial charge on any atom is 0.336 e. The topological polar surface area (TPSA) is 87.1 Å². The first-order valence-corrected chi connectivity index (χ1v) is 11.5. The van der Waals surface area contributed by atoms with Gasteiger partial charge in [-0.3, -0.25) is 0 Å². The molecule has 0 atom stereocenters. The van der Waals surface area contributed by atoms with Crippen molar-refractivity contribution in [3.63, 3.8) is 0 Å². The predicted octanol–water partition coefficient (Wildman–Crippen LogP) is 5.01. The molecule has 0 aliphatic carbocycles. The summed E-state index contributed by atoms with van der Waals surface area (Å²) < 4.78 is 1.73. The van der Waals surface area contributed by atoms with Gasteiger partial charge in [-0.25, -0.2) is 14.8 Å². The smallest absolute Gasteiger partial charge is 0.336 e. The second kappa shape index (κ2) is 9.19. The molecule has 3 heterocycles. The summed E-state index contributed by atoms with van der Waals surface area (Å²) in [7, 11) is 0. The summed E-state index contributed by atoms with van der Waals surface area (Å²) in [4.78, 5) is 21.5. The molecule has 0 unspecified atom stereocenters. The molecule has 1 aliphatic heterocycles. The summed E-state index contributed by atoms with van der Waals surface area (Å²) in [6.07, 6.45) is 6.61. The largest absolute Gasteiger partial charge is 0.478 e. The highest BCUT2D eigenvalue weighted by Crippen LogP contribution is 2.37. The molecule has 1 aliphatic rings. The van der Waals surface area contributed by atoms with Crippen molar-refractivity contribution in [2.75, 3.05) is 25.0 Å². The second-order valence-electron chi connectivity index (χ2n) is 7.29. The summed E-state index contributed by atoms with van der Waals surface area (Å²) in [5.41, 5.74) is 1.09. The Labute approximate surface area is 181 Å². The molecular formula is C21H23BrN4O2S. The van der Waals surface area contributed by atoms with Crippen LogP contribution in [-0.4, -0.2) is 40.7 Å². The van der Waals surface area contributed by atoms with E-state index in [0.29, 0.717) is 11.5 Å². The SMILES string of the molecule is O=C(O)c1cccc2sc(-c3nc(NCCCC4CCNCC4)ncc3Br)cc12. The number of carboxylic acids is 1. The molecule has 3 N–H and O–H groups in total. The van der Waals surface area contributed by atoms with Gasteiger partial charge in [0.2, 0.25) is 5.95 Å². The normalized spacial score (nSPS) is 14.9. The van der Waals surface area contributed by atoms with E-state index in [2.05, 4.69) is 36.5 Å². The molecule has 152 valence electrons. The van der Waals surface area contributed by atoms with Crippen LogP contribution < -0.4 is 10.6 Å². The molecule has 0 bridgehead atoms. The zero-order valence-corrected chi connectivity index (χ0v) is 18.4. The van der Waals surface area contributed by atoms with Crippen LogP contribution in [0.1, 0.15) is 36.0 Å². The molecule has 0 amide bonds. The molecule has 0 saturated carbocycles. The number of anilines is 1. The second-order valence-corrected chi connectivity index (χ2v) is 9.22. The van der Waals surface area contributed by atoms with E-state index in [1.54, 1.807) is 18.3 Å². The Hall–Kier alpha value is -2.03. The molecule has 0 spiro atoms. The van der Waals surface area contributed by atoms with Crippen LogP contribution in [0.15, 0.2) is 34.9 Å². The van der Waals surface area contributed by atoms with Crippen LogP contribution in [0.5, 0.6) is 0 Å². The standard InChI is InChI=1S/C21H23BrN4O2S/c22-16-12-25-21(24-8-2-3-13-6-9-23-10-7-13)26-19(16)18-11-15-14(20(27)28)4-1-5-17(15)29-18/h1,4-5,11-13,23H,2-3,6-10H2,(H,27,28)(H,24,25,26). The number of thiophene rings is 1. The van der Waals surface area contributed by atoms with Crippen LogP contribution in [0.25, 0.3) is 20.7 Å². The summed E-state index contributed by atoms with van der Waals surface area (Å²) >= 11 is 5.07. The molecule has 1 aromatic carbocycles. The molecule has 0 radical (unpaired) electrons. The van der Waals surface area contributed by atoms with Gasteiger partial charge in [0.1, 0.15) is 5.69 Å². The highest BCUT2D eigenvalue weighted by Gasteiger charge is 2.16. The number of hydrogen-bond donors (Lipinski definition) is 3. The van der Waals surface area contributed by atoms with Crippen molar-refractivity contribution in [3.8, 4) is 10.6 Å². The van der Waals surface area contributed by atoms with Gasteiger partial charge in [0, 0.05) is 22.8 Å². The number of nitrogens with one attached hydrogen (secondary N) is 2. The number of hydrogen-bond acceptors (Lipinski definition) is 6. The third-order valence-corrected chi connectivity index (χ3v) is 6.99. The Bertz CT molecular complexity index is 1020. The van der Waals surface area contributed by atoms with Crippen molar-refractivity contribution in [1.29, 1.82) is 0 Å². The first kappa shape index (κ1) is 20.3. The van der Waals surface area contributed by atoms with Gasteiger partial charge in [0.25, 0.3) is 0 Å². The highest BCUT2D eigenvalue weighted by atomic mass is 79.9. The lowest BCUT2D eigenvalue weighted by Crippen LogP contribution is -2.27. The number of carboxylic acid groups (broad SMARTS) is 1. The van der Waals surface area contributed by atoms with Crippen molar-refractivity contribution in [2.24, 2.45) is 5.92 Å². The lowest BCUT2D eigenvalue weighted by Gasteiger charge is -2.22. The molecule has 6 nitrogen and oxygen atoms in total. The van der Waals surface area contributed by atoms with Crippen molar-refractivity contribution >= 4 is 49.3 Å². The number of fused-ring (bicyclic) bond motifs is 1. The lowest BCUT2D eigenvalue weighted by atomic mass is 9.93. The summed E-state index contributed by atoms with van der Waals surface area (Å²) in [5.74, 6) is 0.503. The molecule has 2 aromatic heterocycles. The van der Waals surface area contributed by atoms with E-state index in [9.17, 15) is 9.90 Å². The Balaban J connectivity index is 1.47. The number of rotatable bonds is 7. The number of aromatic carboxylic acids is 1. The monoisotopic (exact) mass is 474 g/mol. The van der Waals surface area contributed by atoms with Crippen LogP contribution in [0.3, 0.4) is 0 Å². The number of halogens is 1. The minimum Gasteiger partial charge on any atom is -0.478 e. The van der Waals surface area contributed by atoms with Crippen molar-refractivity contribution in [2.45, 2.75) is 25.7 Å². The molecule has 29 heavy (non-hydrogen) atoms. The van der Waals surface area contributed by atoms with E-state index in [1.165, 1.54) is 30.6 Å². The zero-order chi connectivity index (χ0) is 20.2. The fourth-order valence-corrected chi connectivity index (χ4v) is 5.38. The molecular weight excluding hydrogens is 452 g/mol. The zero-order valence-electron chi connectivity index (χ0n) is 15.9. The van der Waals surface area contributed by atoms with Gasteiger partial charge in [0.05, 0.1) is 14.9 Å². The number of aromatic nitrogens is 2. The number of benzene rings is 1. The van der Waals surface area contributed by atoms with E-state index < -0.39 is 5.97 Å². The van der Waals surface area contributed by atoms with Gasteiger partial charge in [0.15, 0.2) is 0 Å². The van der Waals surface area contributed by atoms with E-state index in [0.717, 1.165) is 57.1 Å². The average Bonchev–Trinajstić information content (AvgIpc) is 3.17. The third kappa shape index (κ3) is 4.76. The van der Waals surface area contributed by atoms with Gasteiger partial charge >= 0.3 is 5.97 Å². The van der Waals surface area contributed by atoms with E-state index >= 15 is 0 Å². The minimum absolute atomic E-state index is 0.312. The fraction of sp³-hybridized carbons (Fsp3) is 0.381. The minimum atomic E-state index is -0.919. The Morgan fingerprint density at radius 1 is 1.34 bits per heavy atom. The van der Waals surface area contributed by atoms with Gasteiger partial charge in [-0.15, -0.1) is 11.3 Å². The number of piperidine rings is 1. The van der Waals surface area contributed by atoms with Crippen molar-refractivity contribution in [1.82, 2.24) is 15.3 Å². The fourth-order valence-electron chi connectivity index (χ4n) is 3.75.